The summed E-state index contributed by atoms with van der Waals surface area (Å²) in [5.74, 6) is -3.61. The molecule has 1 aromatic rings. The molecule has 2 N–H and O–H groups in total. The molecule has 1 amide bonds. The van der Waals surface area contributed by atoms with Crippen molar-refractivity contribution in [1.29, 1.82) is 0 Å². The molecule has 114 valence electrons. The minimum Gasteiger partial charge on any atom is -0.345 e. The number of nitrogens with zero attached hydrogens (tertiary/aromatic N) is 3. The predicted molar refractivity (Wildman–Crippen MR) is 67.9 cm³/mol. The lowest BCUT2D eigenvalue weighted by Gasteiger charge is -2.22. The zero-order valence-corrected chi connectivity index (χ0v) is 11.9. The largest absolute Gasteiger partial charge is 0.401 e. The third kappa shape index (κ3) is 4.66. The van der Waals surface area contributed by atoms with Gasteiger partial charge in [0.05, 0.1) is 6.04 Å². The van der Waals surface area contributed by atoms with E-state index in [1.165, 1.54) is 0 Å². The van der Waals surface area contributed by atoms with E-state index in [1.54, 1.807) is 0 Å². The number of carbonyl (C=O) groups is 1. The molecule has 0 aliphatic heterocycles. The quantitative estimate of drug-likeness (QED) is 0.695. The van der Waals surface area contributed by atoms with Gasteiger partial charge < -0.3 is 5.32 Å². The summed E-state index contributed by atoms with van der Waals surface area (Å²) in [4.78, 5) is 11.7. The third-order valence-corrected chi connectivity index (χ3v) is 2.96. The summed E-state index contributed by atoms with van der Waals surface area (Å²) >= 11 is 3.59. The second-order valence-corrected chi connectivity index (χ2v) is 5.10. The average molecular weight is 311 g/mol. The number of rotatable bonds is 6. The number of hydrogen-bond acceptors (Lipinski definition) is 5. The fourth-order valence-electron chi connectivity index (χ4n) is 1.62. The van der Waals surface area contributed by atoms with Gasteiger partial charge in [-0.15, -0.1) is 10.2 Å². The molecule has 6 nitrogen and oxygen atoms in total. The van der Waals surface area contributed by atoms with Crippen LogP contribution in [0.4, 0.5) is 13.2 Å². The van der Waals surface area contributed by atoms with Gasteiger partial charge in [-0.3, -0.25) is 4.79 Å². The highest BCUT2D eigenvalue weighted by atomic mass is 32.1. The monoisotopic (exact) mass is 311 g/mol. The van der Waals surface area contributed by atoms with E-state index in [2.05, 4.69) is 38.6 Å². The first-order valence-corrected chi connectivity index (χ1v) is 6.60. The van der Waals surface area contributed by atoms with Crippen molar-refractivity contribution in [3.8, 4) is 0 Å². The second-order valence-electron chi connectivity index (χ2n) is 4.74. The maximum Gasteiger partial charge on any atom is 0.401 e. The Hall–Kier alpha value is -1.32. The number of thiol groups is 1. The Labute approximate surface area is 119 Å². The van der Waals surface area contributed by atoms with E-state index in [-0.39, 0.29) is 11.7 Å². The van der Waals surface area contributed by atoms with Crippen LogP contribution in [-0.4, -0.2) is 38.5 Å². The van der Waals surface area contributed by atoms with Crippen molar-refractivity contribution in [2.45, 2.75) is 32.5 Å². The molecule has 1 heterocycles. The highest BCUT2D eigenvalue weighted by molar-refractivity contribution is 7.80. The van der Waals surface area contributed by atoms with Gasteiger partial charge in [-0.25, -0.2) is 0 Å². The van der Waals surface area contributed by atoms with Crippen molar-refractivity contribution >= 4 is 18.5 Å². The highest BCUT2D eigenvalue weighted by Crippen LogP contribution is 2.28. The molecule has 0 radical (unpaired) electrons. The lowest BCUT2D eigenvalue weighted by Crippen LogP contribution is -2.42. The standard InChI is InChI=1S/C10H16F3N5OS/c1-5(2)3-7(8-15-17-18-16-8)14-9(19)6(4-20)10(11,12)13/h5-7,20H,3-4H2,1-2H3,(H,14,19)(H,15,16,17,18)/t6?,7-/m0/s1. The predicted octanol–water partition coefficient (Wildman–Crippen LogP) is 1.51. The third-order valence-electron chi connectivity index (χ3n) is 2.59. The van der Waals surface area contributed by atoms with Crippen LogP contribution in [0.3, 0.4) is 0 Å². The number of carbonyl (C=O) groups excluding carboxylic acids is 1. The molecule has 0 spiro atoms. The number of tetrazole rings is 1. The van der Waals surface area contributed by atoms with E-state index in [4.69, 9.17) is 0 Å². The number of alkyl halides is 3. The molecule has 1 unspecified atom stereocenters. The Morgan fingerprint density at radius 2 is 2.10 bits per heavy atom. The molecule has 0 bridgehead atoms. The molecule has 1 aromatic heterocycles. The van der Waals surface area contributed by atoms with E-state index in [0.29, 0.717) is 6.42 Å². The van der Waals surface area contributed by atoms with Gasteiger partial charge in [0.2, 0.25) is 5.91 Å². The zero-order valence-electron chi connectivity index (χ0n) is 11.0. The van der Waals surface area contributed by atoms with E-state index >= 15 is 0 Å². The van der Waals surface area contributed by atoms with Gasteiger partial charge in [0, 0.05) is 5.75 Å². The summed E-state index contributed by atoms with van der Waals surface area (Å²) in [5, 5.41) is 15.3. The van der Waals surface area contributed by atoms with Gasteiger partial charge in [-0.05, 0) is 12.3 Å². The molecule has 0 aliphatic carbocycles. The van der Waals surface area contributed by atoms with Crippen LogP contribution >= 0.6 is 12.6 Å². The van der Waals surface area contributed by atoms with Crippen LogP contribution in [0, 0.1) is 11.8 Å². The van der Waals surface area contributed by atoms with Gasteiger partial charge in [0.1, 0.15) is 5.92 Å². The second kappa shape index (κ2) is 6.91. The maximum absolute atomic E-state index is 12.7. The van der Waals surface area contributed by atoms with Crippen LogP contribution in [0.5, 0.6) is 0 Å². The smallest absolute Gasteiger partial charge is 0.345 e. The molecule has 2 atom stereocenters. The van der Waals surface area contributed by atoms with Crippen LogP contribution in [0.25, 0.3) is 0 Å². The molecular weight excluding hydrogens is 295 g/mol. The van der Waals surface area contributed by atoms with Gasteiger partial charge in [-0.2, -0.15) is 31.0 Å². The summed E-state index contributed by atoms with van der Waals surface area (Å²) in [6.45, 7) is 3.75. The van der Waals surface area contributed by atoms with Gasteiger partial charge in [0.15, 0.2) is 5.82 Å². The Morgan fingerprint density at radius 1 is 1.45 bits per heavy atom. The molecule has 0 fully saturated rings. The zero-order chi connectivity index (χ0) is 15.3. The number of amides is 1. The Balaban J connectivity index is 2.82. The first-order chi connectivity index (χ1) is 9.25. The molecule has 0 aliphatic rings. The number of aromatic nitrogens is 4. The molecule has 20 heavy (non-hydrogen) atoms. The first-order valence-electron chi connectivity index (χ1n) is 5.97. The Kier molecular flexibility index (Phi) is 5.78. The van der Waals surface area contributed by atoms with Crippen molar-refractivity contribution in [2.24, 2.45) is 11.8 Å². The summed E-state index contributed by atoms with van der Waals surface area (Å²) in [5.41, 5.74) is 0. The van der Waals surface area contributed by atoms with Gasteiger partial charge >= 0.3 is 6.18 Å². The van der Waals surface area contributed by atoms with Gasteiger partial charge in [-0.1, -0.05) is 19.1 Å². The van der Waals surface area contributed by atoms with Gasteiger partial charge in [0.25, 0.3) is 0 Å². The Bertz CT molecular complexity index is 423. The van der Waals surface area contributed by atoms with Crippen molar-refractivity contribution in [2.75, 3.05) is 5.75 Å². The Morgan fingerprint density at radius 3 is 2.50 bits per heavy atom. The molecule has 0 saturated carbocycles. The first kappa shape index (κ1) is 16.7. The van der Waals surface area contributed by atoms with Crippen LogP contribution in [0.2, 0.25) is 0 Å². The minimum atomic E-state index is -4.63. The molecule has 0 aromatic carbocycles. The van der Waals surface area contributed by atoms with Crippen molar-refractivity contribution in [3.05, 3.63) is 5.82 Å². The van der Waals surface area contributed by atoms with Crippen LogP contribution in [0.1, 0.15) is 32.1 Å². The fourth-order valence-corrected chi connectivity index (χ4v) is 2.00. The van der Waals surface area contributed by atoms with Crippen LogP contribution < -0.4 is 5.32 Å². The van der Waals surface area contributed by atoms with Crippen molar-refractivity contribution in [1.82, 2.24) is 25.9 Å². The number of H-pyrrole nitrogens is 1. The van der Waals surface area contributed by atoms with E-state index in [0.717, 1.165) is 0 Å². The van der Waals surface area contributed by atoms with Crippen LogP contribution in [-0.2, 0) is 4.79 Å². The summed E-state index contributed by atoms with van der Waals surface area (Å²) < 4.78 is 38.0. The summed E-state index contributed by atoms with van der Waals surface area (Å²) in [7, 11) is 0. The van der Waals surface area contributed by atoms with Crippen molar-refractivity contribution < 1.29 is 18.0 Å². The topological polar surface area (TPSA) is 83.6 Å². The number of hydrogen-bond donors (Lipinski definition) is 3. The van der Waals surface area contributed by atoms with E-state index in [1.807, 2.05) is 13.8 Å². The highest BCUT2D eigenvalue weighted by Gasteiger charge is 2.44. The summed E-state index contributed by atoms with van der Waals surface area (Å²) in [6.07, 6.45) is -4.23. The molecule has 1 rings (SSSR count). The van der Waals surface area contributed by atoms with Crippen LogP contribution in [0.15, 0.2) is 0 Å². The van der Waals surface area contributed by atoms with E-state index < -0.39 is 29.8 Å². The number of aromatic amines is 1. The summed E-state index contributed by atoms with van der Waals surface area (Å²) in [6, 6.07) is -0.717. The normalized spacial score (nSPS) is 15.2. The SMILES string of the molecule is CC(C)C[C@H](NC(=O)C(CS)C(F)(F)F)c1nn[nH]n1. The molecular formula is C10H16F3N5OS. The van der Waals surface area contributed by atoms with Crippen molar-refractivity contribution in [3.63, 3.8) is 0 Å². The lowest BCUT2D eigenvalue weighted by molar-refractivity contribution is -0.178. The minimum absolute atomic E-state index is 0.138. The lowest BCUT2D eigenvalue weighted by atomic mass is 10.0. The van der Waals surface area contributed by atoms with E-state index in [9.17, 15) is 18.0 Å². The molecule has 0 saturated heterocycles. The average Bonchev–Trinajstić information content (AvgIpc) is 2.79. The molecule has 10 heteroatoms. The fraction of sp³-hybridized carbons (Fsp3) is 0.800. The number of nitrogens with one attached hydrogen (secondary N) is 2. The number of halogens is 3. The maximum atomic E-state index is 12.7.